The van der Waals surface area contributed by atoms with Crippen LogP contribution in [0.5, 0.6) is 0 Å². The Kier molecular flexibility index (Phi) is 11.9. The van der Waals surface area contributed by atoms with E-state index in [0.717, 1.165) is 39.0 Å². The predicted molar refractivity (Wildman–Crippen MR) is 58.2 cm³/mol. The van der Waals surface area contributed by atoms with Gasteiger partial charge in [0.05, 0.1) is 19.8 Å². The molecule has 0 spiro atoms. The van der Waals surface area contributed by atoms with E-state index < -0.39 is 0 Å². The van der Waals surface area contributed by atoms with Gasteiger partial charge in [-0.3, -0.25) is 0 Å². The standard InChI is InChI=1S/C11H21NO2/c1-3-4-5-6-7-12-8-9-14-11-10-13-2/h1,12H,4-11H2,2H3. The van der Waals surface area contributed by atoms with Crippen molar-refractivity contribution in [2.75, 3.05) is 40.0 Å². The second kappa shape index (κ2) is 12.4. The van der Waals surface area contributed by atoms with Gasteiger partial charge in [0.1, 0.15) is 0 Å². The first-order valence-corrected chi connectivity index (χ1v) is 5.12. The number of hydrogen-bond donors (Lipinski definition) is 1. The Balaban J connectivity index is 2.82. The lowest BCUT2D eigenvalue weighted by molar-refractivity contribution is 0.0720. The number of methoxy groups -OCH3 is 1. The number of unbranched alkanes of at least 4 members (excludes halogenated alkanes) is 2. The van der Waals surface area contributed by atoms with E-state index in [4.69, 9.17) is 15.9 Å². The summed E-state index contributed by atoms with van der Waals surface area (Å²) in [5.74, 6) is 2.63. The molecule has 0 aliphatic carbocycles. The molecule has 0 saturated heterocycles. The van der Waals surface area contributed by atoms with E-state index in [1.54, 1.807) is 7.11 Å². The average Bonchev–Trinajstić information content (AvgIpc) is 2.21. The van der Waals surface area contributed by atoms with Gasteiger partial charge in [-0.1, -0.05) is 0 Å². The minimum Gasteiger partial charge on any atom is -0.382 e. The highest BCUT2D eigenvalue weighted by Gasteiger charge is 1.89. The topological polar surface area (TPSA) is 30.5 Å². The molecule has 0 rings (SSSR count). The lowest BCUT2D eigenvalue weighted by Crippen LogP contribution is -2.21. The Morgan fingerprint density at radius 2 is 2.00 bits per heavy atom. The first-order chi connectivity index (χ1) is 6.91. The van der Waals surface area contributed by atoms with Gasteiger partial charge in [0.25, 0.3) is 0 Å². The smallest absolute Gasteiger partial charge is 0.0700 e. The molecule has 3 heteroatoms. The van der Waals surface area contributed by atoms with Crippen LogP contribution in [0.4, 0.5) is 0 Å². The maximum atomic E-state index is 5.28. The summed E-state index contributed by atoms with van der Waals surface area (Å²) in [7, 11) is 1.67. The third-order valence-electron chi connectivity index (χ3n) is 1.78. The molecule has 0 heterocycles. The molecule has 0 aromatic carbocycles. The molecule has 0 atom stereocenters. The van der Waals surface area contributed by atoms with Gasteiger partial charge in [0.2, 0.25) is 0 Å². The number of rotatable bonds is 10. The average molecular weight is 199 g/mol. The second-order valence-electron chi connectivity index (χ2n) is 3.02. The summed E-state index contributed by atoms with van der Waals surface area (Å²) in [6.07, 6.45) is 8.26. The molecular weight excluding hydrogens is 178 g/mol. The van der Waals surface area contributed by atoms with Crippen LogP contribution in [0.15, 0.2) is 0 Å². The number of terminal acetylenes is 1. The molecule has 14 heavy (non-hydrogen) atoms. The number of ether oxygens (including phenoxy) is 2. The summed E-state index contributed by atoms with van der Waals surface area (Å²) in [5.41, 5.74) is 0. The lowest BCUT2D eigenvalue weighted by atomic mass is 10.2. The zero-order valence-electron chi connectivity index (χ0n) is 9.05. The SMILES string of the molecule is C#CCCCCNCCOCCOC. The van der Waals surface area contributed by atoms with Gasteiger partial charge >= 0.3 is 0 Å². The van der Waals surface area contributed by atoms with Crippen LogP contribution < -0.4 is 5.32 Å². The molecule has 0 aliphatic heterocycles. The van der Waals surface area contributed by atoms with Gasteiger partial charge in [-0.25, -0.2) is 0 Å². The van der Waals surface area contributed by atoms with Crippen molar-refractivity contribution in [3.63, 3.8) is 0 Å². The van der Waals surface area contributed by atoms with Gasteiger partial charge in [-0.2, -0.15) is 0 Å². The highest BCUT2D eigenvalue weighted by Crippen LogP contribution is 1.90. The van der Waals surface area contributed by atoms with Crippen molar-refractivity contribution in [3.05, 3.63) is 0 Å². The minimum absolute atomic E-state index is 0.669. The molecule has 0 saturated carbocycles. The van der Waals surface area contributed by atoms with Crippen molar-refractivity contribution < 1.29 is 9.47 Å². The fourth-order valence-corrected chi connectivity index (χ4v) is 0.991. The van der Waals surface area contributed by atoms with Crippen LogP contribution in [0.25, 0.3) is 0 Å². The largest absolute Gasteiger partial charge is 0.382 e. The quantitative estimate of drug-likeness (QED) is 0.421. The molecule has 0 unspecified atom stereocenters. The predicted octanol–water partition coefficient (Wildman–Crippen LogP) is 1.04. The van der Waals surface area contributed by atoms with E-state index in [2.05, 4.69) is 11.2 Å². The molecule has 0 aromatic rings. The van der Waals surface area contributed by atoms with Crippen LogP contribution in [-0.2, 0) is 9.47 Å². The van der Waals surface area contributed by atoms with Gasteiger partial charge in [0, 0.05) is 20.1 Å². The zero-order valence-corrected chi connectivity index (χ0v) is 9.05. The van der Waals surface area contributed by atoms with E-state index in [1.807, 2.05) is 0 Å². The maximum absolute atomic E-state index is 5.28. The van der Waals surface area contributed by atoms with E-state index in [0.29, 0.717) is 13.2 Å². The van der Waals surface area contributed by atoms with E-state index in [1.165, 1.54) is 0 Å². The molecule has 0 aliphatic rings. The third-order valence-corrected chi connectivity index (χ3v) is 1.78. The Bertz CT molecular complexity index is 143. The van der Waals surface area contributed by atoms with Crippen molar-refractivity contribution in [2.24, 2.45) is 0 Å². The Labute approximate surface area is 87.2 Å². The van der Waals surface area contributed by atoms with E-state index >= 15 is 0 Å². The van der Waals surface area contributed by atoms with Gasteiger partial charge < -0.3 is 14.8 Å². The van der Waals surface area contributed by atoms with Crippen molar-refractivity contribution in [1.82, 2.24) is 5.32 Å². The van der Waals surface area contributed by atoms with Gasteiger partial charge in [-0.15, -0.1) is 12.3 Å². The van der Waals surface area contributed by atoms with Crippen LogP contribution in [0, 0.1) is 12.3 Å². The Morgan fingerprint density at radius 3 is 2.71 bits per heavy atom. The molecule has 0 bridgehead atoms. The normalized spacial score (nSPS) is 10.0. The fourth-order valence-electron chi connectivity index (χ4n) is 0.991. The summed E-state index contributed by atoms with van der Waals surface area (Å²) in [6, 6.07) is 0. The van der Waals surface area contributed by atoms with E-state index in [-0.39, 0.29) is 0 Å². The fraction of sp³-hybridized carbons (Fsp3) is 0.818. The Hall–Kier alpha value is -0.560. The van der Waals surface area contributed by atoms with Crippen LogP contribution in [0.1, 0.15) is 19.3 Å². The molecule has 0 aromatic heterocycles. The number of nitrogens with one attached hydrogen (secondary N) is 1. The van der Waals surface area contributed by atoms with Crippen molar-refractivity contribution >= 4 is 0 Å². The second-order valence-corrected chi connectivity index (χ2v) is 3.02. The summed E-state index contributed by atoms with van der Waals surface area (Å²) < 4.78 is 10.1. The van der Waals surface area contributed by atoms with Crippen LogP contribution in [0.3, 0.4) is 0 Å². The van der Waals surface area contributed by atoms with Crippen LogP contribution >= 0.6 is 0 Å². The molecule has 0 radical (unpaired) electrons. The first-order valence-electron chi connectivity index (χ1n) is 5.12. The summed E-state index contributed by atoms with van der Waals surface area (Å²) in [4.78, 5) is 0. The summed E-state index contributed by atoms with van der Waals surface area (Å²) >= 11 is 0. The maximum Gasteiger partial charge on any atom is 0.0700 e. The van der Waals surface area contributed by atoms with Crippen LogP contribution in [0.2, 0.25) is 0 Å². The highest BCUT2D eigenvalue weighted by molar-refractivity contribution is 4.82. The van der Waals surface area contributed by atoms with E-state index in [9.17, 15) is 0 Å². The summed E-state index contributed by atoms with van der Waals surface area (Å²) in [5, 5.41) is 3.29. The highest BCUT2D eigenvalue weighted by atomic mass is 16.5. The number of hydrogen-bond acceptors (Lipinski definition) is 3. The van der Waals surface area contributed by atoms with Gasteiger partial charge in [0.15, 0.2) is 0 Å². The first kappa shape index (κ1) is 13.4. The molecule has 3 nitrogen and oxygen atoms in total. The van der Waals surface area contributed by atoms with Crippen LogP contribution in [-0.4, -0.2) is 40.0 Å². The zero-order chi connectivity index (χ0) is 10.5. The lowest BCUT2D eigenvalue weighted by Gasteiger charge is -2.04. The third kappa shape index (κ3) is 11.4. The monoisotopic (exact) mass is 199 g/mol. The van der Waals surface area contributed by atoms with Crippen molar-refractivity contribution in [2.45, 2.75) is 19.3 Å². The molecular formula is C11H21NO2. The van der Waals surface area contributed by atoms with Crippen molar-refractivity contribution in [1.29, 1.82) is 0 Å². The van der Waals surface area contributed by atoms with Crippen molar-refractivity contribution in [3.8, 4) is 12.3 Å². The Morgan fingerprint density at radius 1 is 1.14 bits per heavy atom. The molecule has 1 N–H and O–H groups in total. The molecule has 0 amide bonds. The molecule has 0 fully saturated rings. The molecule has 82 valence electrons. The summed E-state index contributed by atoms with van der Waals surface area (Å²) in [6.45, 7) is 4.02. The minimum atomic E-state index is 0.669. The van der Waals surface area contributed by atoms with Gasteiger partial charge in [-0.05, 0) is 19.4 Å².